The molecular formula is C28H30O. The van der Waals surface area contributed by atoms with Gasteiger partial charge in [0, 0.05) is 5.92 Å². The van der Waals surface area contributed by atoms with Crippen LogP contribution < -0.4 is 4.74 Å². The summed E-state index contributed by atoms with van der Waals surface area (Å²) in [6.07, 6.45) is 16.4. The van der Waals surface area contributed by atoms with Crippen molar-refractivity contribution in [1.29, 1.82) is 0 Å². The summed E-state index contributed by atoms with van der Waals surface area (Å²) in [4.78, 5) is 0. The van der Waals surface area contributed by atoms with Crippen LogP contribution >= 0.6 is 0 Å². The van der Waals surface area contributed by atoms with E-state index in [4.69, 9.17) is 4.74 Å². The lowest BCUT2D eigenvalue weighted by atomic mass is 9.86. The summed E-state index contributed by atoms with van der Waals surface area (Å²) in [5.41, 5.74) is 8.35. The Hall–Kier alpha value is -2.54. The largest absolute Gasteiger partial charge is 0.491 e. The number of hydrogen-bond donors (Lipinski definition) is 0. The van der Waals surface area contributed by atoms with Crippen LogP contribution in [0, 0.1) is 5.92 Å². The van der Waals surface area contributed by atoms with Crippen molar-refractivity contribution in [2.75, 3.05) is 0 Å². The topological polar surface area (TPSA) is 9.23 Å². The molecule has 0 N–H and O–H groups in total. The monoisotopic (exact) mass is 382 g/mol. The van der Waals surface area contributed by atoms with Gasteiger partial charge in [0.1, 0.15) is 5.75 Å². The van der Waals surface area contributed by atoms with Crippen LogP contribution in [0.4, 0.5) is 0 Å². The molecule has 148 valence electrons. The molecule has 1 fully saturated rings. The second-order valence-electron chi connectivity index (χ2n) is 9.00. The molecule has 3 aliphatic rings. The summed E-state index contributed by atoms with van der Waals surface area (Å²) in [6, 6.07) is 15.6. The number of rotatable bonds is 5. The Bertz CT molecular complexity index is 981. The van der Waals surface area contributed by atoms with Gasteiger partial charge in [-0.15, -0.1) is 0 Å². The zero-order valence-corrected chi connectivity index (χ0v) is 17.5. The van der Waals surface area contributed by atoms with Crippen LogP contribution in [0.5, 0.6) is 5.75 Å². The Labute approximate surface area is 174 Å². The van der Waals surface area contributed by atoms with Gasteiger partial charge >= 0.3 is 0 Å². The van der Waals surface area contributed by atoms with Crippen LogP contribution in [-0.2, 0) is 0 Å². The standard InChI is InChI=1S/C28H30O/c1-19(2)29-26-13-9-20(10-14-26)22-7-8-23(17-22)24-11-15-28-25(18-24)12-16-27(28)21-5-3-4-6-21/h7,9-19,21,27H,3-6,8H2,1-2H3. The van der Waals surface area contributed by atoms with Crippen molar-refractivity contribution in [3.05, 3.63) is 82.9 Å². The normalized spacial score (nSPS) is 20.9. The van der Waals surface area contributed by atoms with Crippen LogP contribution in [0.15, 0.2) is 60.7 Å². The quantitative estimate of drug-likeness (QED) is 0.516. The average Bonchev–Trinajstić information content (AvgIpc) is 3.47. The van der Waals surface area contributed by atoms with E-state index in [9.17, 15) is 0 Å². The summed E-state index contributed by atoms with van der Waals surface area (Å²) in [7, 11) is 0. The molecule has 1 atom stereocenters. The van der Waals surface area contributed by atoms with E-state index in [1.807, 2.05) is 0 Å². The van der Waals surface area contributed by atoms with Crippen molar-refractivity contribution in [3.63, 3.8) is 0 Å². The highest BCUT2D eigenvalue weighted by Gasteiger charge is 2.28. The van der Waals surface area contributed by atoms with Gasteiger partial charge in [0.2, 0.25) is 0 Å². The van der Waals surface area contributed by atoms with Gasteiger partial charge in [0.25, 0.3) is 0 Å². The van der Waals surface area contributed by atoms with Crippen molar-refractivity contribution in [1.82, 2.24) is 0 Å². The van der Waals surface area contributed by atoms with Gasteiger partial charge in [-0.05, 0) is 90.6 Å². The van der Waals surface area contributed by atoms with Gasteiger partial charge in [-0.2, -0.15) is 0 Å². The van der Waals surface area contributed by atoms with E-state index in [-0.39, 0.29) is 6.10 Å². The second-order valence-corrected chi connectivity index (χ2v) is 9.00. The molecule has 1 heteroatoms. The van der Waals surface area contributed by atoms with Crippen molar-refractivity contribution in [2.45, 2.75) is 58.0 Å². The van der Waals surface area contributed by atoms with E-state index in [0.29, 0.717) is 5.92 Å². The van der Waals surface area contributed by atoms with Gasteiger partial charge in [-0.25, -0.2) is 0 Å². The fraction of sp³-hybridized carbons (Fsp3) is 0.357. The maximum Gasteiger partial charge on any atom is 0.119 e. The van der Waals surface area contributed by atoms with Crippen molar-refractivity contribution < 1.29 is 4.74 Å². The zero-order chi connectivity index (χ0) is 19.8. The molecule has 2 aromatic rings. The molecule has 0 bridgehead atoms. The lowest BCUT2D eigenvalue weighted by molar-refractivity contribution is 0.242. The molecule has 2 aromatic carbocycles. The van der Waals surface area contributed by atoms with Gasteiger partial charge < -0.3 is 4.74 Å². The highest BCUT2D eigenvalue weighted by molar-refractivity contribution is 5.90. The number of hydrogen-bond acceptors (Lipinski definition) is 1. The molecule has 0 heterocycles. The molecule has 29 heavy (non-hydrogen) atoms. The minimum Gasteiger partial charge on any atom is -0.491 e. The third-order valence-electron chi connectivity index (χ3n) is 6.64. The average molecular weight is 383 g/mol. The molecule has 0 spiro atoms. The van der Waals surface area contributed by atoms with Crippen molar-refractivity contribution in [2.24, 2.45) is 5.92 Å². The summed E-state index contributed by atoms with van der Waals surface area (Å²) in [5, 5.41) is 0. The smallest absolute Gasteiger partial charge is 0.119 e. The maximum atomic E-state index is 5.77. The van der Waals surface area contributed by atoms with Crippen LogP contribution in [-0.4, -0.2) is 6.10 Å². The minimum absolute atomic E-state index is 0.208. The summed E-state index contributed by atoms with van der Waals surface area (Å²) in [6.45, 7) is 4.12. The summed E-state index contributed by atoms with van der Waals surface area (Å²) in [5.74, 6) is 2.45. The van der Waals surface area contributed by atoms with Crippen LogP contribution in [0.3, 0.4) is 0 Å². The van der Waals surface area contributed by atoms with E-state index in [0.717, 1.165) is 18.1 Å². The summed E-state index contributed by atoms with van der Waals surface area (Å²) >= 11 is 0. The van der Waals surface area contributed by atoms with Crippen LogP contribution in [0.2, 0.25) is 0 Å². The molecule has 0 saturated heterocycles. The van der Waals surface area contributed by atoms with E-state index in [1.165, 1.54) is 53.5 Å². The van der Waals surface area contributed by atoms with Crippen LogP contribution in [0.25, 0.3) is 17.2 Å². The molecule has 0 aromatic heterocycles. The molecule has 1 unspecified atom stereocenters. The molecule has 5 rings (SSSR count). The first-order valence-electron chi connectivity index (χ1n) is 11.2. The molecular weight excluding hydrogens is 352 g/mol. The Morgan fingerprint density at radius 2 is 1.69 bits per heavy atom. The molecule has 0 aliphatic heterocycles. The SMILES string of the molecule is CC(C)Oc1ccc(C2=CCC(c3ccc4c(c3)C=CC4C3CCCC3)=C2)cc1. The summed E-state index contributed by atoms with van der Waals surface area (Å²) < 4.78 is 5.77. The third kappa shape index (κ3) is 3.71. The fourth-order valence-electron chi connectivity index (χ4n) is 5.19. The Balaban J connectivity index is 1.33. The number of benzene rings is 2. The minimum atomic E-state index is 0.208. The predicted molar refractivity (Wildman–Crippen MR) is 123 cm³/mol. The first-order chi connectivity index (χ1) is 14.2. The third-order valence-corrected chi connectivity index (χ3v) is 6.64. The highest BCUT2D eigenvalue weighted by atomic mass is 16.5. The highest BCUT2D eigenvalue weighted by Crippen LogP contribution is 2.44. The Morgan fingerprint density at radius 1 is 0.931 bits per heavy atom. The van der Waals surface area contributed by atoms with E-state index < -0.39 is 0 Å². The molecule has 3 aliphatic carbocycles. The number of ether oxygens (including phenoxy) is 1. The number of allylic oxidation sites excluding steroid dienone is 5. The first-order valence-corrected chi connectivity index (χ1v) is 11.2. The molecule has 0 radical (unpaired) electrons. The van der Waals surface area contributed by atoms with Crippen LogP contribution in [0.1, 0.15) is 74.1 Å². The van der Waals surface area contributed by atoms with Crippen molar-refractivity contribution in [3.8, 4) is 5.75 Å². The first kappa shape index (κ1) is 18.5. The van der Waals surface area contributed by atoms with Gasteiger partial charge in [0.05, 0.1) is 6.10 Å². The van der Waals surface area contributed by atoms with E-state index in [2.05, 4.69) is 80.6 Å². The Kier molecular flexibility index (Phi) is 4.91. The van der Waals surface area contributed by atoms with E-state index in [1.54, 1.807) is 5.56 Å². The number of fused-ring (bicyclic) bond motifs is 1. The fourth-order valence-corrected chi connectivity index (χ4v) is 5.19. The maximum absolute atomic E-state index is 5.77. The van der Waals surface area contributed by atoms with Gasteiger partial charge in [0.15, 0.2) is 0 Å². The zero-order valence-electron chi connectivity index (χ0n) is 17.5. The molecule has 0 amide bonds. The Morgan fingerprint density at radius 3 is 2.45 bits per heavy atom. The molecule has 1 nitrogen and oxygen atoms in total. The second kappa shape index (κ2) is 7.71. The van der Waals surface area contributed by atoms with Gasteiger partial charge in [-0.3, -0.25) is 0 Å². The molecule has 1 saturated carbocycles. The van der Waals surface area contributed by atoms with Gasteiger partial charge in [-0.1, -0.05) is 61.4 Å². The van der Waals surface area contributed by atoms with Crippen molar-refractivity contribution >= 4 is 17.2 Å². The van der Waals surface area contributed by atoms with E-state index >= 15 is 0 Å². The predicted octanol–water partition coefficient (Wildman–Crippen LogP) is 7.65. The lowest BCUT2D eigenvalue weighted by Crippen LogP contribution is -2.05. The lowest BCUT2D eigenvalue weighted by Gasteiger charge is -2.18.